The van der Waals surface area contributed by atoms with E-state index < -0.39 is 78.8 Å². The highest BCUT2D eigenvalue weighted by molar-refractivity contribution is 6.00. The van der Waals surface area contributed by atoms with Gasteiger partial charge in [0.15, 0.2) is 12.2 Å². The minimum Gasteiger partial charge on any atom is -0.394 e. The lowest BCUT2D eigenvalue weighted by molar-refractivity contribution is -0.346. The van der Waals surface area contributed by atoms with Crippen LogP contribution < -0.4 is 33.2 Å². The zero-order valence-electron chi connectivity index (χ0n) is 32.4. The van der Waals surface area contributed by atoms with Crippen LogP contribution in [0.5, 0.6) is 0 Å². The summed E-state index contributed by atoms with van der Waals surface area (Å²) in [4.78, 5) is 33.3. The number of nitrogens with one attached hydrogen (secondary N) is 3. The Hall–Kier alpha value is -1.87. The van der Waals surface area contributed by atoms with Crippen molar-refractivity contribution in [2.45, 2.75) is 131 Å². The molecule has 314 valence electrons. The summed E-state index contributed by atoms with van der Waals surface area (Å²) in [5, 5.41) is 66.5. The van der Waals surface area contributed by atoms with Gasteiger partial charge in [-0.3, -0.25) is 14.6 Å². The third-order valence-corrected chi connectivity index (χ3v) is 14.2. The third kappa shape index (κ3) is 9.08. The van der Waals surface area contributed by atoms with Crippen molar-refractivity contribution >= 4 is 17.5 Å². The highest BCUT2D eigenvalue weighted by atomic mass is 16.7. The molecule has 0 bridgehead atoms. The molecule has 0 aromatic rings. The predicted octanol–water partition coefficient (Wildman–Crippen LogP) is -2.37. The Balaban J connectivity index is 1.19. The monoisotopic (exact) mass is 781 g/mol. The van der Waals surface area contributed by atoms with Crippen LogP contribution in [-0.4, -0.2) is 144 Å². The molecule has 17 heteroatoms. The number of nitrogens with two attached hydrogens (primary N) is 3. The molecular formula is C38H67N7O10. The van der Waals surface area contributed by atoms with Gasteiger partial charge in [-0.15, -0.1) is 0 Å². The third-order valence-electron chi connectivity index (χ3n) is 14.2. The minimum absolute atomic E-state index is 0.00780. The molecule has 0 aromatic carbocycles. The summed E-state index contributed by atoms with van der Waals surface area (Å²) >= 11 is 0. The molecular weight excluding hydrogens is 714 g/mol. The molecule has 55 heavy (non-hydrogen) atoms. The molecule has 17 nitrogen and oxygen atoms in total. The van der Waals surface area contributed by atoms with Crippen molar-refractivity contribution in [3.05, 3.63) is 0 Å². The fraction of sp³-hybridized carbons (Fsp3) is 0.921. The Labute approximate surface area is 323 Å². The first-order valence-corrected chi connectivity index (χ1v) is 20.5. The van der Waals surface area contributed by atoms with Crippen molar-refractivity contribution in [3.8, 4) is 0 Å². The van der Waals surface area contributed by atoms with Gasteiger partial charge < -0.3 is 72.9 Å². The zero-order chi connectivity index (χ0) is 39.6. The van der Waals surface area contributed by atoms with E-state index in [1.54, 1.807) is 7.05 Å². The molecule has 6 aliphatic rings. The number of ether oxygens (including phenoxy) is 3. The maximum absolute atomic E-state index is 14.7. The van der Waals surface area contributed by atoms with Gasteiger partial charge >= 0.3 is 0 Å². The number of methoxy groups -OCH3 is 1. The lowest BCUT2D eigenvalue weighted by Crippen LogP contribution is -2.68. The molecule has 3 aliphatic carbocycles. The van der Waals surface area contributed by atoms with Gasteiger partial charge in [0, 0.05) is 44.9 Å². The number of hydrogen-bond donors (Lipinski definition) is 11. The van der Waals surface area contributed by atoms with E-state index in [-0.39, 0.29) is 67.0 Å². The number of rotatable bonds is 12. The topological polar surface area (TPSA) is 289 Å². The smallest absolute Gasteiger partial charge is 0.188 e. The van der Waals surface area contributed by atoms with Crippen molar-refractivity contribution in [3.63, 3.8) is 0 Å². The van der Waals surface area contributed by atoms with E-state index in [1.165, 1.54) is 7.11 Å². The highest BCUT2D eigenvalue weighted by Gasteiger charge is 2.62. The number of nitrogens with zero attached hydrogens (tertiary/aromatic N) is 1. The summed E-state index contributed by atoms with van der Waals surface area (Å²) in [5.41, 5.74) is 16.1. The minimum atomic E-state index is -1.98. The molecule has 14 N–H and O–H groups in total. The summed E-state index contributed by atoms with van der Waals surface area (Å²) in [5.74, 6) is -3.39. The van der Waals surface area contributed by atoms with Crippen molar-refractivity contribution in [1.29, 1.82) is 0 Å². The van der Waals surface area contributed by atoms with Crippen molar-refractivity contribution in [1.82, 2.24) is 16.0 Å². The van der Waals surface area contributed by atoms with Gasteiger partial charge in [0.05, 0.1) is 49.1 Å². The number of aliphatic hydroxyl groups is 5. The normalized spacial score (nSPS) is 46.9. The average Bonchev–Trinajstić information content (AvgIpc) is 3.18. The molecule has 3 saturated heterocycles. The Morgan fingerprint density at radius 3 is 2.38 bits per heavy atom. The van der Waals surface area contributed by atoms with E-state index >= 15 is 0 Å². The van der Waals surface area contributed by atoms with Gasteiger partial charge in [0.1, 0.15) is 35.5 Å². The largest absolute Gasteiger partial charge is 0.394 e. The lowest BCUT2D eigenvalue weighted by Gasteiger charge is -2.53. The molecule has 6 fully saturated rings. The molecule has 6 rings (SSSR count). The fourth-order valence-corrected chi connectivity index (χ4v) is 10.9. The van der Waals surface area contributed by atoms with E-state index in [0.717, 1.165) is 45.2 Å². The SMILES string of the molecule is CN=C(N)NCC1C(CCC2CCC(N)NC2)CC2C(=O)C3CC(OC)CC(O[C@H]4O[C@H](CO)[C@](O)(CCC5CCNC(N)C5)[C@H](O)[C@H]4O)C3C(=O)C2C1O. The van der Waals surface area contributed by atoms with Crippen LogP contribution in [0.2, 0.25) is 0 Å². The Bertz CT molecular complexity index is 1340. The van der Waals surface area contributed by atoms with Crippen LogP contribution in [0.25, 0.3) is 0 Å². The first-order valence-electron chi connectivity index (χ1n) is 20.5. The van der Waals surface area contributed by atoms with E-state index in [9.17, 15) is 35.1 Å². The number of aliphatic imine (C=N–C) groups is 1. The van der Waals surface area contributed by atoms with E-state index in [2.05, 4.69) is 20.9 Å². The molecule has 0 spiro atoms. The Morgan fingerprint density at radius 2 is 1.71 bits per heavy atom. The maximum Gasteiger partial charge on any atom is 0.188 e. The van der Waals surface area contributed by atoms with Crippen LogP contribution in [0.3, 0.4) is 0 Å². The van der Waals surface area contributed by atoms with E-state index in [0.29, 0.717) is 31.6 Å². The average molecular weight is 782 g/mol. The second kappa shape index (κ2) is 18.4. The van der Waals surface area contributed by atoms with Crippen molar-refractivity contribution in [2.75, 3.05) is 40.4 Å². The molecule has 18 atom stereocenters. The molecule has 0 amide bonds. The van der Waals surface area contributed by atoms with Crippen LogP contribution in [0.4, 0.5) is 0 Å². The predicted molar refractivity (Wildman–Crippen MR) is 201 cm³/mol. The molecule has 3 heterocycles. The van der Waals surface area contributed by atoms with Gasteiger partial charge in [-0.2, -0.15) is 0 Å². The number of piperidine rings is 2. The molecule has 13 unspecified atom stereocenters. The number of hydrogen-bond acceptors (Lipinski definition) is 15. The number of Topliss-reactive ketones (excluding diaryl/α,β-unsaturated/α-hetero) is 2. The van der Waals surface area contributed by atoms with Crippen LogP contribution in [0, 0.1) is 47.3 Å². The van der Waals surface area contributed by atoms with Crippen LogP contribution >= 0.6 is 0 Å². The lowest BCUT2D eigenvalue weighted by atomic mass is 9.53. The molecule has 0 radical (unpaired) electrons. The first-order chi connectivity index (χ1) is 26.3. The number of fused-ring (bicyclic) bond motifs is 2. The number of aliphatic hydroxyl groups excluding tert-OH is 4. The quantitative estimate of drug-likeness (QED) is 0.0729. The first kappa shape index (κ1) is 42.7. The summed E-state index contributed by atoms with van der Waals surface area (Å²) in [6.07, 6.45) is -2.52. The Kier molecular flexibility index (Phi) is 14.3. The van der Waals surface area contributed by atoms with Crippen LogP contribution in [0.15, 0.2) is 4.99 Å². The zero-order valence-corrected chi connectivity index (χ0v) is 32.4. The number of carbonyl (C=O) groups is 2. The van der Waals surface area contributed by atoms with Gasteiger partial charge in [-0.25, -0.2) is 0 Å². The summed E-state index contributed by atoms with van der Waals surface area (Å²) in [6, 6.07) is 0. The second-order valence-corrected chi connectivity index (χ2v) is 17.3. The number of ketones is 2. The number of carbonyl (C=O) groups excluding carboxylic acids is 2. The van der Waals surface area contributed by atoms with Gasteiger partial charge in [-0.05, 0) is 95.1 Å². The van der Waals surface area contributed by atoms with Crippen molar-refractivity contribution < 1.29 is 49.3 Å². The van der Waals surface area contributed by atoms with Gasteiger partial charge in [0.2, 0.25) is 0 Å². The summed E-state index contributed by atoms with van der Waals surface area (Å²) in [7, 11) is 3.10. The maximum atomic E-state index is 14.7. The Morgan fingerprint density at radius 1 is 0.945 bits per heavy atom. The highest BCUT2D eigenvalue weighted by Crippen LogP contribution is 2.51. The second-order valence-electron chi connectivity index (χ2n) is 17.3. The van der Waals surface area contributed by atoms with Gasteiger partial charge in [0.25, 0.3) is 0 Å². The van der Waals surface area contributed by atoms with E-state index in [4.69, 9.17) is 31.4 Å². The van der Waals surface area contributed by atoms with Crippen LogP contribution in [-0.2, 0) is 23.8 Å². The molecule has 3 aliphatic heterocycles. The molecule has 0 aromatic heterocycles. The summed E-state index contributed by atoms with van der Waals surface area (Å²) in [6.45, 7) is 1.16. The van der Waals surface area contributed by atoms with Gasteiger partial charge in [-0.1, -0.05) is 0 Å². The van der Waals surface area contributed by atoms with Crippen LogP contribution in [0.1, 0.15) is 70.6 Å². The van der Waals surface area contributed by atoms with E-state index in [1.807, 2.05) is 0 Å². The van der Waals surface area contributed by atoms with Crippen molar-refractivity contribution in [2.24, 2.45) is 69.5 Å². The number of guanidine groups is 1. The fourth-order valence-electron chi connectivity index (χ4n) is 10.9. The summed E-state index contributed by atoms with van der Waals surface area (Å²) < 4.78 is 18.1. The standard InChI is InChI=1S/C38H67N7O10/c1-42-37(41)45-16-24-20(5-3-19-4-6-27(39)44-15-19)12-22-30(32(24)48)33(49)29-23(31(22)47)13-21(53-2)14-25(29)54-36-34(50)35(51)38(52,26(17-46)55-36)9-7-18-8-10-43-28(40)11-18/h18-30,32,34-36,43-44,46,48,50-52H,3-17,39-40H2,1-2H3,(H3,41,42,45)/t18?,19?,20?,21?,22?,23?,24?,25?,26-,27?,28?,29?,30?,32?,34-,35-,36+,38-/m1/s1. The molecule has 3 saturated carbocycles.